The number of hydrogen-bond donors (Lipinski definition) is 1. The highest BCUT2D eigenvalue weighted by atomic mass is 16.4. The number of benzene rings is 2. The summed E-state index contributed by atoms with van der Waals surface area (Å²) in [6.07, 6.45) is 13.1. The van der Waals surface area contributed by atoms with Gasteiger partial charge in [-0.1, -0.05) is 42.8 Å². The zero-order valence-electron chi connectivity index (χ0n) is 20.3. The Bertz CT molecular complexity index is 1200. The molecule has 1 aromatic heterocycles. The van der Waals surface area contributed by atoms with E-state index in [0.717, 1.165) is 31.5 Å². The van der Waals surface area contributed by atoms with Crippen LogP contribution in [0.3, 0.4) is 0 Å². The molecular weight excluding hydrogens is 432 g/mol. The first kappa shape index (κ1) is 22.5. The Kier molecular flexibility index (Phi) is 5.93. The van der Waals surface area contributed by atoms with Gasteiger partial charge >= 0.3 is 5.97 Å². The minimum Gasteiger partial charge on any atom is -0.478 e. The highest BCUT2D eigenvalue weighted by Gasteiger charge is 2.57. The van der Waals surface area contributed by atoms with Gasteiger partial charge in [0.2, 0.25) is 0 Å². The topological polar surface area (TPSA) is 53.4 Å². The summed E-state index contributed by atoms with van der Waals surface area (Å²) in [5.74, 6) is 0.851. The number of piperidine rings is 1. The lowest BCUT2D eigenvalue weighted by Crippen LogP contribution is -2.33. The number of aromatic nitrogens is 1. The normalized spacial score (nSPS) is 23.9. The van der Waals surface area contributed by atoms with Crippen molar-refractivity contribution in [3.63, 3.8) is 0 Å². The molecule has 3 aliphatic rings. The van der Waals surface area contributed by atoms with Crippen LogP contribution in [0.15, 0.2) is 67.0 Å². The molecule has 3 aromatic rings. The molecule has 4 heteroatoms. The number of carboxylic acid groups (broad SMARTS) is 1. The first-order valence-electron chi connectivity index (χ1n) is 13.2. The molecule has 0 bridgehead atoms. The number of fused-ring (bicyclic) bond motifs is 2. The molecule has 1 aliphatic heterocycles. The molecule has 2 fully saturated rings. The number of likely N-dealkylation sites (tertiary alicyclic amines) is 1. The standard InChI is InChI=1S/C31H34N2O2/c34-30(35)25-6-3-23(4-7-25)21-33-16-12-22(13-17-33)5-10-28-19-31(28)14-11-24-8-9-26(18-29(24)31)27-2-1-15-32-20-27/h1-4,6-9,15,18,20,22,28H,5,10-14,16-17,19,21H2,(H,34,35). The molecule has 2 aliphatic carbocycles. The van der Waals surface area contributed by atoms with E-state index in [4.69, 9.17) is 5.11 Å². The Morgan fingerprint density at radius 2 is 1.86 bits per heavy atom. The quantitative estimate of drug-likeness (QED) is 0.441. The van der Waals surface area contributed by atoms with Gasteiger partial charge in [0, 0.05) is 18.9 Å². The molecule has 1 saturated carbocycles. The highest BCUT2D eigenvalue weighted by molar-refractivity contribution is 5.87. The lowest BCUT2D eigenvalue weighted by atomic mass is 9.87. The van der Waals surface area contributed by atoms with Crippen LogP contribution in [0, 0.1) is 11.8 Å². The molecule has 1 spiro atoms. The molecule has 6 rings (SSSR count). The van der Waals surface area contributed by atoms with Crippen molar-refractivity contribution in [1.29, 1.82) is 0 Å². The van der Waals surface area contributed by atoms with Gasteiger partial charge in [-0.2, -0.15) is 0 Å². The Labute approximate surface area is 208 Å². The van der Waals surface area contributed by atoms with Crippen molar-refractivity contribution in [1.82, 2.24) is 9.88 Å². The van der Waals surface area contributed by atoms with Crippen molar-refractivity contribution in [2.24, 2.45) is 11.8 Å². The average molecular weight is 467 g/mol. The predicted molar refractivity (Wildman–Crippen MR) is 138 cm³/mol. The lowest BCUT2D eigenvalue weighted by Gasteiger charge is -2.32. The minimum absolute atomic E-state index is 0.364. The second-order valence-electron chi connectivity index (χ2n) is 11.0. The van der Waals surface area contributed by atoms with Crippen molar-refractivity contribution < 1.29 is 9.90 Å². The molecule has 2 aromatic carbocycles. The second kappa shape index (κ2) is 9.23. The highest BCUT2D eigenvalue weighted by Crippen LogP contribution is 2.63. The van der Waals surface area contributed by atoms with Crippen LogP contribution in [0.1, 0.15) is 65.6 Å². The SMILES string of the molecule is O=C(O)c1ccc(CN2CCC(CCC3CC34CCc3ccc(-c5cccnc5)cc34)CC2)cc1. The summed E-state index contributed by atoms with van der Waals surface area (Å²) in [6.45, 7) is 3.23. The fourth-order valence-electron chi connectivity index (χ4n) is 6.74. The van der Waals surface area contributed by atoms with E-state index in [1.807, 2.05) is 30.6 Å². The number of pyridine rings is 1. The number of rotatable bonds is 7. The molecule has 2 atom stereocenters. The minimum atomic E-state index is -0.857. The maximum Gasteiger partial charge on any atom is 0.335 e. The van der Waals surface area contributed by atoms with E-state index < -0.39 is 5.97 Å². The fraction of sp³-hybridized carbons (Fsp3) is 0.419. The molecule has 2 unspecified atom stereocenters. The van der Waals surface area contributed by atoms with E-state index in [1.54, 1.807) is 23.3 Å². The van der Waals surface area contributed by atoms with Crippen LogP contribution in [0.25, 0.3) is 11.1 Å². The van der Waals surface area contributed by atoms with E-state index in [2.05, 4.69) is 34.1 Å². The lowest BCUT2D eigenvalue weighted by molar-refractivity contribution is 0.0697. The van der Waals surface area contributed by atoms with E-state index in [1.165, 1.54) is 61.6 Å². The first-order chi connectivity index (χ1) is 17.1. The van der Waals surface area contributed by atoms with Gasteiger partial charge in [0.15, 0.2) is 0 Å². The molecule has 0 radical (unpaired) electrons. The second-order valence-corrected chi connectivity index (χ2v) is 11.0. The van der Waals surface area contributed by atoms with Crippen molar-refractivity contribution in [2.75, 3.05) is 13.1 Å². The third kappa shape index (κ3) is 4.52. The van der Waals surface area contributed by atoms with E-state index >= 15 is 0 Å². The summed E-state index contributed by atoms with van der Waals surface area (Å²) in [7, 11) is 0. The van der Waals surface area contributed by atoms with Crippen molar-refractivity contribution in [3.8, 4) is 11.1 Å². The van der Waals surface area contributed by atoms with Crippen molar-refractivity contribution in [3.05, 3.63) is 89.2 Å². The molecular formula is C31H34N2O2. The Morgan fingerprint density at radius 1 is 1.03 bits per heavy atom. The molecule has 180 valence electrons. The molecule has 35 heavy (non-hydrogen) atoms. The van der Waals surface area contributed by atoms with Crippen LogP contribution in [-0.2, 0) is 18.4 Å². The summed E-state index contributed by atoms with van der Waals surface area (Å²) in [6, 6.07) is 18.7. The summed E-state index contributed by atoms with van der Waals surface area (Å²) in [4.78, 5) is 17.9. The van der Waals surface area contributed by atoms with Crippen LogP contribution in [0.5, 0.6) is 0 Å². The van der Waals surface area contributed by atoms with Gasteiger partial charge in [0.05, 0.1) is 5.56 Å². The smallest absolute Gasteiger partial charge is 0.335 e. The molecule has 2 heterocycles. The maximum absolute atomic E-state index is 11.1. The van der Waals surface area contributed by atoms with Crippen LogP contribution >= 0.6 is 0 Å². The van der Waals surface area contributed by atoms with Gasteiger partial charge < -0.3 is 5.11 Å². The van der Waals surface area contributed by atoms with Crippen LogP contribution in [0.2, 0.25) is 0 Å². The van der Waals surface area contributed by atoms with E-state index in [0.29, 0.717) is 11.0 Å². The molecule has 4 nitrogen and oxygen atoms in total. The Balaban J connectivity index is 1.01. The maximum atomic E-state index is 11.1. The van der Waals surface area contributed by atoms with Gasteiger partial charge in [-0.3, -0.25) is 9.88 Å². The Morgan fingerprint density at radius 3 is 2.60 bits per heavy atom. The number of hydrogen-bond acceptors (Lipinski definition) is 3. The monoisotopic (exact) mass is 466 g/mol. The van der Waals surface area contributed by atoms with Gasteiger partial charge in [0.25, 0.3) is 0 Å². The van der Waals surface area contributed by atoms with Gasteiger partial charge in [-0.25, -0.2) is 4.79 Å². The van der Waals surface area contributed by atoms with Crippen LogP contribution in [-0.4, -0.2) is 34.0 Å². The van der Waals surface area contributed by atoms with E-state index in [9.17, 15) is 4.79 Å². The van der Waals surface area contributed by atoms with Crippen molar-refractivity contribution >= 4 is 5.97 Å². The fourth-order valence-corrected chi connectivity index (χ4v) is 6.74. The summed E-state index contributed by atoms with van der Waals surface area (Å²) in [5, 5.41) is 9.08. The number of nitrogens with zero attached hydrogens (tertiary/aromatic N) is 2. The molecule has 0 amide bonds. The van der Waals surface area contributed by atoms with Gasteiger partial charge in [0.1, 0.15) is 0 Å². The number of aromatic carboxylic acids is 1. The summed E-state index contributed by atoms with van der Waals surface area (Å²) in [5.41, 5.74) is 7.77. The predicted octanol–water partition coefficient (Wildman–Crippen LogP) is 6.34. The van der Waals surface area contributed by atoms with Crippen LogP contribution < -0.4 is 0 Å². The number of carbonyl (C=O) groups is 1. The molecule has 1 saturated heterocycles. The third-order valence-corrected chi connectivity index (χ3v) is 8.95. The average Bonchev–Trinajstić information content (AvgIpc) is 3.49. The zero-order chi connectivity index (χ0) is 23.8. The third-order valence-electron chi connectivity index (χ3n) is 8.95. The van der Waals surface area contributed by atoms with Crippen LogP contribution in [0.4, 0.5) is 0 Å². The first-order valence-corrected chi connectivity index (χ1v) is 13.2. The number of carboxylic acids is 1. The molecule has 1 N–H and O–H groups in total. The summed E-state index contributed by atoms with van der Waals surface area (Å²) < 4.78 is 0. The van der Waals surface area contributed by atoms with Gasteiger partial charge in [-0.15, -0.1) is 0 Å². The van der Waals surface area contributed by atoms with Gasteiger partial charge in [-0.05, 0) is 115 Å². The largest absolute Gasteiger partial charge is 0.478 e. The number of aryl methyl sites for hydroxylation is 1. The Hall–Kier alpha value is -2.98. The van der Waals surface area contributed by atoms with E-state index in [-0.39, 0.29) is 0 Å². The zero-order valence-corrected chi connectivity index (χ0v) is 20.3. The summed E-state index contributed by atoms with van der Waals surface area (Å²) >= 11 is 0. The van der Waals surface area contributed by atoms with Crippen molar-refractivity contribution in [2.45, 2.75) is 56.9 Å².